The third-order valence-corrected chi connectivity index (χ3v) is 3.41. The van der Waals surface area contributed by atoms with E-state index in [9.17, 15) is 15.0 Å². The molecule has 0 unspecified atom stereocenters. The van der Waals surface area contributed by atoms with E-state index in [1.54, 1.807) is 12.1 Å². The number of nitrogens with zero attached hydrogens (tertiary/aromatic N) is 1. The number of urea groups is 1. The number of anilines is 1. The summed E-state index contributed by atoms with van der Waals surface area (Å²) in [7, 11) is 0. The zero-order valence-electron chi connectivity index (χ0n) is 10.6. The Balaban J connectivity index is 2.22. The maximum atomic E-state index is 11.8. The second-order valence-corrected chi connectivity index (χ2v) is 4.72. The van der Waals surface area contributed by atoms with Crippen molar-refractivity contribution in [3.8, 4) is 0 Å². The number of primary amides is 1. The Hall–Kier alpha value is -2.37. The Kier molecular flexibility index (Phi) is 2.93. The van der Waals surface area contributed by atoms with Gasteiger partial charge in [-0.05, 0) is 29.4 Å². The highest BCUT2D eigenvalue weighted by Crippen LogP contribution is 2.34. The standard InChI is InChI=1S/C15H14N2O3/c16-15(20)17-11-4-2-1-3-9(11)5-6-10-7-13(18)14(19)8-12(10)17/h1-8,13-14,18-19H,(H2,16,20)/t13-,14-/m0/s1. The van der Waals surface area contributed by atoms with Gasteiger partial charge in [-0.25, -0.2) is 4.79 Å². The van der Waals surface area contributed by atoms with E-state index in [0.29, 0.717) is 17.0 Å². The first-order valence-electron chi connectivity index (χ1n) is 6.25. The SMILES string of the molecule is NC(=O)N1C2=C[C@H](O)[C@@H](O)C=C2C=Cc2ccccc21. The number of fused-ring (bicyclic) bond motifs is 2. The van der Waals surface area contributed by atoms with Crippen molar-refractivity contribution in [1.29, 1.82) is 0 Å². The summed E-state index contributed by atoms with van der Waals surface area (Å²) in [6.45, 7) is 0. The number of hydrogen-bond donors (Lipinski definition) is 3. The summed E-state index contributed by atoms with van der Waals surface area (Å²) in [5.74, 6) is 0. The van der Waals surface area contributed by atoms with E-state index in [4.69, 9.17) is 5.73 Å². The summed E-state index contributed by atoms with van der Waals surface area (Å²) in [5.41, 5.74) is 8.11. The molecule has 2 atom stereocenters. The quantitative estimate of drug-likeness (QED) is 0.660. The molecule has 0 spiro atoms. The molecular formula is C15H14N2O3. The Morgan fingerprint density at radius 2 is 1.80 bits per heavy atom. The van der Waals surface area contributed by atoms with E-state index in [1.165, 1.54) is 17.1 Å². The van der Waals surface area contributed by atoms with Crippen LogP contribution in [0.2, 0.25) is 0 Å². The molecule has 2 amide bonds. The van der Waals surface area contributed by atoms with Gasteiger partial charge in [0, 0.05) is 0 Å². The maximum absolute atomic E-state index is 11.8. The maximum Gasteiger partial charge on any atom is 0.323 e. The molecule has 2 aliphatic rings. The third kappa shape index (κ3) is 1.93. The molecule has 0 saturated heterocycles. The minimum absolute atomic E-state index is 0.483. The van der Waals surface area contributed by atoms with Gasteiger partial charge < -0.3 is 15.9 Å². The lowest BCUT2D eigenvalue weighted by Gasteiger charge is -2.28. The number of aliphatic hydroxyl groups is 2. The molecule has 0 bridgehead atoms. The molecule has 4 N–H and O–H groups in total. The van der Waals surface area contributed by atoms with E-state index in [2.05, 4.69) is 0 Å². The molecule has 1 aliphatic heterocycles. The fourth-order valence-corrected chi connectivity index (χ4v) is 2.45. The number of rotatable bonds is 0. The van der Waals surface area contributed by atoms with Crippen LogP contribution >= 0.6 is 0 Å². The Morgan fingerprint density at radius 3 is 2.55 bits per heavy atom. The number of carbonyl (C=O) groups is 1. The van der Waals surface area contributed by atoms with Crippen molar-refractivity contribution in [2.45, 2.75) is 12.2 Å². The van der Waals surface area contributed by atoms with E-state index in [1.807, 2.05) is 24.3 Å². The van der Waals surface area contributed by atoms with Crippen LogP contribution < -0.4 is 10.6 Å². The summed E-state index contributed by atoms with van der Waals surface area (Å²) in [4.78, 5) is 13.2. The number of aliphatic hydroxyl groups excluding tert-OH is 2. The predicted octanol–water partition coefficient (Wildman–Crippen LogP) is 1.14. The normalized spacial score (nSPS) is 24.2. The van der Waals surface area contributed by atoms with E-state index < -0.39 is 18.2 Å². The average molecular weight is 270 g/mol. The molecule has 3 rings (SSSR count). The molecule has 20 heavy (non-hydrogen) atoms. The lowest BCUT2D eigenvalue weighted by atomic mass is 9.98. The lowest BCUT2D eigenvalue weighted by molar-refractivity contribution is 0.0781. The minimum Gasteiger partial charge on any atom is -0.386 e. The summed E-state index contributed by atoms with van der Waals surface area (Å²) in [6.07, 6.45) is 4.55. The summed E-state index contributed by atoms with van der Waals surface area (Å²) in [5, 5.41) is 19.5. The lowest BCUT2D eigenvalue weighted by Crippen LogP contribution is -2.38. The van der Waals surface area contributed by atoms with Crippen LogP contribution in [-0.2, 0) is 0 Å². The van der Waals surface area contributed by atoms with Gasteiger partial charge in [0.05, 0.1) is 11.4 Å². The number of amides is 2. The number of carbonyl (C=O) groups excluding carboxylic acids is 1. The van der Waals surface area contributed by atoms with Gasteiger partial charge in [0.2, 0.25) is 0 Å². The van der Waals surface area contributed by atoms with Crippen molar-refractivity contribution < 1.29 is 15.0 Å². The molecule has 1 aromatic carbocycles. The Morgan fingerprint density at radius 1 is 1.10 bits per heavy atom. The van der Waals surface area contributed by atoms with Crippen LogP contribution in [0.15, 0.2) is 53.8 Å². The molecule has 1 aromatic rings. The zero-order valence-corrected chi connectivity index (χ0v) is 10.6. The van der Waals surface area contributed by atoms with Crippen LogP contribution in [0.25, 0.3) is 6.08 Å². The van der Waals surface area contributed by atoms with Crippen LogP contribution in [0.1, 0.15) is 5.56 Å². The smallest absolute Gasteiger partial charge is 0.323 e. The van der Waals surface area contributed by atoms with Crippen LogP contribution in [0.3, 0.4) is 0 Å². The van der Waals surface area contributed by atoms with Gasteiger partial charge in [-0.15, -0.1) is 0 Å². The van der Waals surface area contributed by atoms with Gasteiger partial charge >= 0.3 is 6.03 Å². The first kappa shape index (κ1) is 12.7. The number of para-hydroxylation sites is 1. The molecular weight excluding hydrogens is 256 g/mol. The first-order valence-corrected chi connectivity index (χ1v) is 6.25. The van der Waals surface area contributed by atoms with Crippen LogP contribution in [0, 0.1) is 0 Å². The van der Waals surface area contributed by atoms with Gasteiger partial charge in [0.25, 0.3) is 0 Å². The molecule has 102 valence electrons. The topological polar surface area (TPSA) is 86.8 Å². The first-order chi connectivity index (χ1) is 9.58. The third-order valence-electron chi connectivity index (χ3n) is 3.41. The zero-order chi connectivity index (χ0) is 14.3. The molecule has 5 nitrogen and oxygen atoms in total. The molecule has 0 fully saturated rings. The van der Waals surface area contributed by atoms with E-state index in [0.717, 1.165) is 5.56 Å². The Bertz CT molecular complexity index is 661. The van der Waals surface area contributed by atoms with E-state index >= 15 is 0 Å². The summed E-state index contributed by atoms with van der Waals surface area (Å²) < 4.78 is 0. The Labute approximate surface area is 115 Å². The number of nitrogens with two attached hydrogens (primary N) is 1. The fraction of sp³-hybridized carbons (Fsp3) is 0.133. The number of benzene rings is 1. The van der Waals surface area contributed by atoms with E-state index in [-0.39, 0.29) is 0 Å². The fourth-order valence-electron chi connectivity index (χ4n) is 2.45. The number of allylic oxidation sites excluding steroid dienone is 1. The van der Waals surface area contributed by atoms with Crippen molar-refractivity contribution in [1.82, 2.24) is 0 Å². The molecule has 1 aliphatic carbocycles. The van der Waals surface area contributed by atoms with Crippen molar-refractivity contribution >= 4 is 17.8 Å². The molecule has 0 saturated carbocycles. The van der Waals surface area contributed by atoms with Gasteiger partial charge in [0.15, 0.2) is 0 Å². The monoisotopic (exact) mass is 270 g/mol. The van der Waals surface area contributed by atoms with Crippen LogP contribution in [0.4, 0.5) is 10.5 Å². The predicted molar refractivity (Wildman–Crippen MR) is 75.7 cm³/mol. The van der Waals surface area contributed by atoms with Crippen molar-refractivity contribution in [3.05, 3.63) is 59.3 Å². The van der Waals surface area contributed by atoms with Crippen molar-refractivity contribution in [2.24, 2.45) is 5.73 Å². The highest BCUT2D eigenvalue weighted by molar-refractivity contribution is 5.99. The second-order valence-electron chi connectivity index (χ2n) is 4.72. The molecule has 0 aromatic heterocycles. The summed E-state index contributed by atoms with van der Waals surface area (Å²) >= 11 is 0. The highest BCUT2D eigenvalue weighted by atomic mass is 16.3. The van der Waals surface area contributed by atoms with Crippen molar-refractivity contribution in [2.75, 3.05) is 4.90 Å². The van der Waals surface area contributed by atoms with Crippen molar-refractivity contribution in [3.63, 3.8) is 0 Å². The highest BCUT2D eigenvalue weighted by Gasteiger charge is 2.29. The molecule has 1 heterocycles. The largest absolute Gasteiger partial charge is 0.386 e. The summed E-state index contributed by atoms with van der Waals surface area (Å²) in [6, 6.07) is 6.69. The van der Waals surface area contributed by atoms with Gasteiger partial charge in [-0.3, -0.25) is 4.90 Å². The van der Waals surface area contributed by atoms with Gasteiger partial charge in [0.1, 0.15) is 12.2 Å². The average Bonchev–Trinajstić information content (AvgIpc) is 2.56. The second kappa shape index (κ2) is 4.63. The molecule has 5 heteroatoms. The number of hydrogen-bond acceptors (Lipinski definition) is 3. The molecule has 0 radical (unpaired) electrons. The van der Waals surface area contributed by atoms with Crippen LogP contribution in [0.5, 0.6) is 0 Å². The van der Waals surface area contributed by atoms with Crippen LogP contribution in [-0.4, -0.2) is 28.5 Å². The van der Waals surface area contributed by atoms with Gasteiger partial charge in [-0.1, -0.05) is 30.4 Å². The van der Waals surface area contributed by atoms with Gasteiger partial charge in [-0.2, -0.15) is 0 Å². The minimum atomic E-state index is -1.06.